The first kappa shape index (κ1) is 16.9. The van der Waals surface area contributed by atoms with Gasteiger partial charge in [-0.25, -0.2) is 4.68 Å². The standard InChI is InChI=1S/C19H23N5O2/c1-13-19(14(2)24(21-13)16-7-5-4-6-8-16)17-12-25-10-9-23(17)11-18-20-15(3)22-26-18/h4-8,17H,9-12H2,1-3H3/t17-/m0/s1. The summed E-state index contributed by atoms with van der Waals surface area (Å²) in [6, 6.07) is 10.3. The van der Waals surface area contributed by atoms with Crippen molar-refractivity contribution in [2.24, 2.45) is 0 Å². The predicted molar refractivity (Wildman–Crippen MR) is 96.0 cm³/mol. The fourth-order valence-corrected chi connectivity index (χ4v) is 3.63. The van der Waals surface area contributed by atoms with E-state index in [1.165, 1.54) is 5.56 Å². The van der Waals surface area contributed by atoms with E-state index in [0.717, 1.165) is 23.6 Å². The molecule has 1 atom stereocenters. The summed E-state index contributed by atoms with van der Waals surface area (Å²) in [6.07, 6.45) is 0. The van der Waals surface area contributed by atoms with Gasteiger partial charge in [-0.3, -0.25) is 4.90 Å². The van der Waals surface area contributed by atoms with Gasteiger partial charge in [-0.05, 0) is 32.9 Å². The molecule has 0 bridgehead atoms. The number of nitrogens with zero attached hydrogens (tertiary/aromatic N) is 5. The van der Waals surface area contributed by atoms with Crippen molar-refractivity contribution < 1.29 is 9.26 Å². The molecule has 0 saturated carbocycles. The Balaban J connectivity index is 1.67. The number of morpholine rings is 1. The average molecular weight is 353 g/mol. The number of hydrogen-bond donors (Lipinski definition) is 0. The van der Waals surface area contributed by atoms with Gasteiger partial charge >= 0.3 is 0 Å². The summed E-state index contributed by atoms with van der Waals surface area (Å²) < 4.78 is 13.1. The van der Waals surface area contributed by atoms with Crippen molar-refractivity contribution in [3.8, 4) is 5.69 Å². The van der Waals surface area contributed by atoms with Gasteiger partial charge < -0.3 is 9.26 Å². The van der Waals surface area contributed by atoms with E-state index in [-0.39, 0.29) is 6.04 Å². The lowest BCUT2D eigenvalue weighted by Gasteiger charge is -2.35. The zero-order valence-corrected chi connectivity index (χ0v) is 15.3. The highest BCUT2D eigenvalue weighted by Crippen LogP contribution is 2.31. The van der Waals surface area contributed by atoms with Crippen LogP contribution in [0, 0.1) is 20.8 Å². The Labute approximate surface area is 152 Å². The van der Waals surface area contributed by atoms with Gasteiger partial charge in [0.2, 0.25) is 5.89 Å². The summed E-state index contributed by atoms with van der Waals surface area (Å²) in [5.41, 5.74) is 4.43. The molecule has 1 aliphatic rings. The van der Waals surface area contributed by atoms with E-state index in [1.54, 1.807) is 0 Å². The second kappa shape index (κ2) is 7.01. The Hall–Kier alpha value is -2.51. The van der Waals surface area contributed by atoms with Gasteiger partial charge in [-0.1, -0.05) is 23.4 Å². The van der Waals surface area contributed by atoms with Crippen molar-refractivity contribution in [2.45, 2.75) is 33.4 Å². The van der Waals surface area contributed by atoms with Crippen molar-refractivity contribution in [3.05, 3.63) is 59.0 Å². The molecule has 26 heavy (non-hydrogen) atoms. The molecule has 0 amide bonds. The van der Waals surface area contributed by atoms with Crippen LogP contribution in [-0.4, -0.2) is 44.6 Å². The summed E-state index contributed by atoms with van der Waals surface area (Å²) in [5, 5.41) is 8.68. The SMILES string of the molecule is Cc1noc(CN2CCOC[C@H]2c2c(C)nn(-c3ccccc3)c2C)n1. The zero-order chi connectivity index (χ0) is 18.1. The van der Waals surface area contributed by atoms with Crippen LogP contribution in [0.4, 0.5) is 0 Å². The van der Waals surface area contributed by atoms with E-state index in [1.807, 2.05) is 29.8 Å². The molecule has 7 nitrogen and oxygen atoms in total. The molecule has 1 aliphatic heterocycles. The predicted octanol–water partition coefficient (Wildman–Crippen LogP) is 2.75. The monoisotopic (exact) mass is 353 g/mol. The smallest absolute Gasteiger partial charge is 0.240 e. The Morgan fingerprint density at radius 1 is 1.15 bits per heavy atom. The van der Waals surface area contributed by atoms with Crippen molar-refractivity contribution >= 4 is 0 Å². The third-order valence-corrected chi connectivity index (χ3v) is 4.83. The van der Waals surface area contributed by atoms with E-state index in [9.17, 15) is 0 Å². The normalized spacial score (nSPS) is 18.3. The highest BCUT2D eigenvalue weighted by Gasteiger charge is 2.31. The highest BCUT2D eigenvalue weighted by atomic mass is 16.5. The van der Waals surface area contributed by atoms with Crippen LogP contribution in [0.15, 0.2) is 34.9 Å². The molecule has 136 valence electrons. The number of aryl methyl sites for hydroxylation is 2. The summed E-state index contributed by atoms with van der Waals surface area (Å²) in [6.45, 7) is 8.79. The van der Waals surface area contributed by atoms with Crippen LogP contribution >= 0.6 is 0 Å². The maximum absolute atomic E-state index is 5.79. The fourth-order valence-electron chi connectivity index (χ4n) is 3.63. The lowest BCUT2D eigenvalue weighted by atomic mass is 10.0. The Bertz CT molecular complexity index is 887. The van der Waals surface area contributed by atoms with Crippen molar-refractivity contribution in [1.82, 2.24) is 24.8 Å². The van der Waals surface area contributed by atoms with Crippen LogP contribution in [0.5, 0.6) is 0 Å². The van der Waals surface area contributed by atoms with Gasteiger partial charge in [-0.2, -0.15) is 10.1 Å². The largest absolute Gasteiger partial charge is 0.378 e. The molecular formula is C19H23N5O2. The van der Waals surface area contributed by atoms with Crippen LogP contribution in [-0.2, 0) is 11.3 Å². The number of hydrogen-bond acceptors (Lipinski definition) is 6. The van der Waals surface area contributed by atoms with Gasteiger partial charge in [-0.15, -0.1) is 0 Å². The third-order valence-electron chi connectivity index (χ3n) is 4.83. The van der Waals surface area contributed by atoms with Crippen LogP contribution in [0.1, 0.15) is 34.7 Å². The number of ether oxygens (including phenoxy) is 1. The number of aromatic nitrogens is 4. The van der Waals surface area contributed by atoms with Gasteiger partial charge in [0, 0.05) is 17.8 Å². The van der Waals surface area contributed by atoms with E-state index in [0.29, 0.717) is 31.5 Å². The fraction of sp³-hybridized carbons (Fsp3) is 0.421. The van der Waals surface area contributed by atoms with Crippen LogP contribution in [0.2, 0.25) is 0 Å². The highest BCUT2D eigenvalue weighted by molar-refractivity contribution is 5.38. The average Bonchev–Trinajstić information content (AvgIpc) is 3.19. The molecular weight excluding hydrogens is 330 g/mol. The minimum atomic E-state index is 0.119. The van der Waals surface area contributed by atoms with E-state index >= 15 is 0 Å². The van der Waals surface area contributed by atoms with Crippen LogP contribution < -0.4 is 0 Å². The third kappa shape index (κ3) is 3.15. The molecule has 3 heterocycles. The van der Waals surface area contributed by atoms with Crippen molar-refractivity contribution in [3.63, 3.8) is 0 Å². The Morgan fingerprint density at radius 3 is 2.69 bits per heavy atom. The summed E-state index contributed by atoms with van der Waals surface area (Å²) in [4.78, 5) is 6.69. The lowest BCUT2D eigenvalue weighted by molar-refractivity contribution is -0.0172. The van der Waals surface area contributed by atoms with Gasteiger partial charge in [0.1, 0.15) is 0 Å². The summed E-state index contributed by atoms with van der Waals surface area (Å²) in [7, 11) is 0. The molecule has 1 fully saturated rings. The molecule has 1 aromatic carbocycles. The second-order valence-electron chi connectivity index (χ2n) is 6.63. The molecule has 7 heteroatoms. The first-order chi connectivity index (χ1) is 12.6. The zero-order valence-electron chi connectivity index (χ0n) is 15.3. The maximum Gasteiger partial charge on any atom is 0.240 e. The van der Waals surface area contributed by atoms with Gasteiger partial charge in [0.05, 0.1) is 37.2 Å². The molecule has 0 aliphatic carbocycles. The van der Waals surface area contributed by atoms with Crippen LogP contribution in [0.25, 0.3) is 5.69 Å². The van der Waals surface area contributed by atoms with E-state index in [4.69, 9.17) is 14.4 Å². The van der Waals surface area contributed by atoms with Gasteiger partial charge in [0.25, 0.3) is 0 Å². The molecule has 0 radical (unpaired) electrons. The van der Waals surface area contributed by atoms with E-state index < -0.39 is 0 Å². The first-order valence-corrected chi connectivity index (χ1v) is 8.86. The minimum Gasteiger partial charge on any atom is -0.378 e. The Kier molecular flexibility index (Phi) is 4.57. The second-order valence-corrected chi connectivity index (χ2v) is 6.63. The Morgan fingerprint density at radius 2 is 1.96 bits per heavy atom. The van der Waals surface area contributed by atoms with Crippen LogP contribution in [0.3, 0.4) is 0 Å². The number of para-hydroxylation sites is 1. The number of benzene rings is 1. The summed E-state index contributed by atoms with van der Waals surface area (Å²) in [5.74, 6) is 1.30. The van der Waals surface area contributed by atoms with Crippen molar-refractivity contribution in [2.75, 3.05) is 19.8 Å². The minimum absolute atomic E-state index is 0.119. The molecule has 0 spiro atoms. The molecule has 0 unspecified atom stereocenters. The number of rotatable bonds is 4. The first-order valence-electron chi connectivity index (χ1n) is 8.86. The van der Waals surface area contributed by atoms with Gasteiger partial charge in [0.15, 0.2) is 5.82 Å². The van der Waals surface area contributed by atoms with Crippen molar-refractivity contribution in [1.29, 1.82) is 0 Å². The lowest BCUT2D eigenvalue weighted by Crippen LogP contribution is -2.39. The molecule has 3 aromatic rings. The molecule has 4 rings (SSSR count). The molecule has 0 N–H and O–H groups in total. The molecule has 1 saturated heterocycles. The maximum atomic E-state index is 5.79. The summed E-state index contributed by atoms with van der Waals surface area (Å²) >= 11 is 0. The quantitative estimate of drug-likeness (QED) is 0.718. The van der Waals surface area contributed by atoms with E-state index in [2.05, 4.69) is 41.0 Å². The molecule has 2 aromatic heterocycles. The topological polar surface area (TPSA) is 69.2 Å².